The molecule has 4 rings (SSSR count). The quantitative estimate of drug-likeness (QED) is 0.650. The number of pyridine rings is 1. The topological polar surface area (TPSA) is 51.1 Å². The standard InChI is InChI=1S/C19H15BrN2O2S/c1-25-14-4-2-3-13(9-14)21-19(24)16-10-22-6-5-11-7-12(20)8-15(17(11)22)18(16)23/h2-4,7-10H,5-6H2,1H3,(H,21,24). The Labute approximate surface area is 157 Å². The van der Waals surface area contributed by atoms with Gasteiger partial charge in [-0.05, 0) is 48.6 Å². The van der Waals surface area contributed by atoms with Crippen molar-refractivity contribution in [1.29, 1.82) is 0 Å². The number of hydrogen-bond acceptors (Lipinski definition) is 3. The van der Waals surface area contributed by atoms with Crippen LogP contribution in [-0.2, 0) is 13.0 Å². The maximum atomic E-state index is 12.9. The summed E-state index contributed by atoms with van der Waals surface area (Å²) in [6, 6.07) is 11.4. The molecule has 0 aliphatic carbocycles. The minimum Gasteiger partial charge on any atom is -0.346 e. The van der Waals surface area contributed by atoms with Crippen molar-refractivity contribution in [2.24, 2.45) is 0 Å². The van der Waals surface area contributed by atoms with Gasteiger partial charge in [0, 0.05) is 33.2 Å². The molecule has 0 saturated heterocycles. The zero-order valence-corrected chi connectivity index (χ0v) is 15.9. The first-order chi connectivity index (χ1) is 12.1. The van der Waals surface area contributed by atoms with Gasteiger partial charge in [-0.2, -0.15) is 0 Å². The smallest absolute Gasteiger partial charge is 0.261 e. The molecule has 0 bridgehead atoms. The Kier molecular flexibility index (Phi) is 4.17. The van der Waals surface area contributed by atoms with Gasteiger partial charge in [-0.15, -0.1) is 11.8 Å². The highest BCUT2D eigenvalue weighted by Gasteiger charge is 2.21. The second kappa shape index (κ2) is 6.35. The lowest BCUT2D eigenvalue weighted by molar-refractivity contribution is 0.102. The maximum Gasteiger partial charge on any atom is 0.261 e. The minimum atomic E-state index is -0.373. The van der Waals surface area contributed by atoms with E-state index >= 15 is 0 Å². The average Bonchev–Trinajstić information content (AvgIpc) is 3.01. The molecule has 1 aliphatic rings. The zero-order valence-electron chi connectivity index (χ0n) is 13.5. The van der Waals surface area contributed by atoms with Crippen LogP contribution in [0.25, 0.3) is 10.9 Å². The van der Waals surface area contributed by atoms with E-state index < -0.39 is 0 Å². The van der Waals surface area contributed by atoms with Crippen LogP contribution in [-0.4, -0.2) is 16.7 Å². The van der Waals surface area contributed by atoms with E-state index in [9.17, 15) is 9.59 Å². The van der Waals surface area contributed by atoms with E-state index in [0.717, 1.165) is 33.4 Å². The zero-order chi connectivity index (χ0) is 17.6. The Bertz CT molecular complexity index is 1070. The number of halogens is 1. The van der Waals surface area contributed by atoms with E-state index in [2.05, 4.69) is 21.2 Å². The summed E-state index contributed by atoms with van der Waals surface area (Å²) < 4.78 is 2.87. The molecule has 0 fully saturated rings. The molecule has 25 heavy (non-hydrogen) atoms. The van der Waals surface area contributed by atoms with Crippen LogP contribution in [0.1, 0.15) is 15.9 Å². The number of aromatic nitrogens is 1. The molecule has 6 heteroatoms. The third-order valence-electron chi connectivity index (χ3n) is 4.41. The number of carbonyl (C=O) groups is 1. The molecule has 1 aromatic heterocycles. The second-order valence-electron chi connectivity index (χ2n) is 5.96. The van der Waals surface area contributed by atoms with Crippen LogP contribution in [0.5, 0.6) is 0 Å². The van der Waals surface area contributed by atoms with Crippen LogP contribution in [0.2, 0.25) is 0 Å². The van der Waals surface area contributed by atoms with Gasteiger partial charge in [0.1, 0.15) is 5.56 Å². The van der Waals surface area contributed by atoms with E-state index in [1.807, 2.05) is 41.2 Å². The van der Waals surface area contributed by atoms with Gasteiger partial charge >= 0.3 is 0 Å². The third-order valence-corrected chi connectivity index (χ3v) is 5.59. The number of thioether (sulfide) groups is 1. The number of nitrogens with one attached hydrogen (secondary N) is 1. The fourth-order valence-corrected chi connectivity index (χ4v) is 4.23. The molecule has 0 atom stereocenters. The SMILES string of the molecule is CSc1cccc(NC(=O)c2cn3c4c(cc(Br)cc4c2=O)CC3)c1. The summed E-state index contributed by atoms with van der Waals surface area (Å²) in [4.78, 5) is 26.6. The molecule has 0 unspecified atom stereocenters. The second-order valence-corrected chi connectivity index (χ2v) is 7.76. The number of amides is 1. The number of aryl methyl sites for hydroxylation is 2. The van der Waals surface area contributed by atoms with Gasteiger partial charge < -0.3 is 9.88 Å². The fourth-order valence-electron chi connectivity index (χ4n) is 3.26. The molecule has 0 radical (unpaired) electrons. The molecule has 0 saturated carbocycles. The molecular formula is C19H15BrN2O2S. The van der Waals surface area contributed by atoms with Gasteiger partial charge in [-0.25, -0.2) is 0 Å². The molecular weight excluding hydrogens is 400 g/mol. The number of hydrogen-bond donors (Lipinski definition) is 1. The Morgan fingerprint density at radius 2 is 2.12 bits per heavy atom. The molecule has 1 amide bonds. The van der Waals surface area contributed by atoms with Crippen LogP contribution in [0.15, 0.2) is 56.8 Å². The summed E-state index contributed by atoms with van der Waals surface area (Å²) in [6.45, 7) is 0.783. The number of benzene rings is 2. The first-order valence-electron chi connectivity index (χ1n) is 7.88. The summed E-state index contributed by atoms with van der Waals surface area (Å²) in [7, 11) is 0. The number of nitrogens with zero attached hydrogens (tertiary/aromatic N) is 1. The minimum absolute atomic E-state index is 0.174. The van der Waals surface area contributed by atoms with Crippen molar-refractivity contribution in [1.82, 2.24) is 4.57 Å². The van der Waals surface area contributed by atoms with Crippen molar-refractivity contribution < 1.29 is 4.79 Å². The Hall–Kier alpha value is -2.05. The molecule has 3 aromatic rings. The molecule has 4 nitrogen and oxygen atoms in total. The van der Waals surface area contributed by atoms with Crippen molar-refractivity contribution in [3.05, 3.63) is 68.4 Å². The van der Waals surface area contributed by atoms with Crippen LogP contribution in [0, 0.1) is 0 Å². The largest absolute Gasteiger partial charge is 0.346 e. The highest BCUT2D eigenvalue weighted by molar-refractivity contribution is 9.10. The van der Waals surface area contributed by atoms with E-state index in [1.165, 1.54) is 0 Å². The van der Waals surface area contributed by atoms with Crippen LogP contribution >= 0.6 is 27.7 Å². The van der Waals surface area contributed by atoms with E-state index in [-0.39, 0.29) is 16.9 Å². The van der Waals surface area contributed by atoms with Crippen molar-refractivity contribution in [3.63, 3.8) is 0 Å². The Balaban J connectivity index is 1.78. The highest BCUT2D eigenvalue weighted by Crippen LogP contribution is 2.28. The lowest BCUT2D eigenvalue weighted by atomic mass is 10.1. The maximum absolute atomic E-state index is 12.9. The lowest BCUT2D eigenvalue weighted by Gasteiger charge is -2.10. The molecule has 2 aromatic carbocycles. The average molecular weight is 415 g/mol. The van der Waals surface area contributed by atoms with Crippen molar-refractivity contribution in [3.8, 4) is 0 Å². The fraction of sp³-hybridized carbons (Fsp3) is 0.158. The van der Waals surface area contributed by atoms with Gasteiger partial charge in [0.15, 0.2) is 0 Å². The number of anilines is 1. The van der Waals surface area contributed by atoms with Gasteiger partial charge in [-0.1, -0.05) is 22.0 Å². The van der Waals surface area contributed by atoms with Crippen LogP contribution < -0.4 is 10.7 Å². The Morgan fingerprint density at radius 1 is 1.28 bits per heavy atom. The van der Waals surface area contributed by atoms with E-state index in [1.54, 1.807) is 24.0 Å². The summed E-state index contributed by atoms with van der Waals surface area (Å²) in [5.74, 6) is -0.373. The monoisotopic (exact) mass is 414 g/mol. The highest BCUT2D eigenvalue weighted by atomic mass is 79.9. The van der Waals surface area contributed by atoms with Crippen molar-refractivity contribution in [2.45, 2.75) is 17.9 Å². The molecule has 0 spiro atoms. The van der Waals surface area contributed by atoms with Gasteiger partial charge in [-0.3, -0.25) is 9.59 Å². The Morgan fingerprint density at radius 3 is 2.92 bits per heavy atom. The normalized spacial score (nSPS) is 12.6. The summed E-state index contributed by atoms with van der Waals surface area (Å²) in [5, 5.41) is 3.43. The third kappa shape index (κ3) is 2.89. The van der Waals surface area contributed by atoms with Crippen LogP contribution in [0.3, 0.4) is 0 Å². The van der Waals surface area contributed by atoms with E-state index in [4.69, 9.17) is 0 Å². The van der Waals surface area contributed by atoms with Gasteiger partial charge in [0.2, 0.25) is 5.43 Å². The number of carbonyl (C=O) groups excluding carboxylic acids is 1. The van der Waals surface area contributed by atoms with Crippen LogP contribution in [0.4, 0.5) is 5.69 Å². The number of rotatable bonds is 3. The lowest BCUT2D eigenvalue weighted by Crippen LogP contribution is -2.23. The van der Waals surface area contributed by atoms with E-state index in [0.29, 0.717) is 11.1 Å². The predicted octanol–water partition coefficient (Wildman–Crippen LogP) is 4.29. The van der Waals surface area contributed by atoms with Gasteiger partial charge in [0.25, 0.3) is 5.91 Å². The molecule has 1 N–H and O–H groups in total. The molecule has 2 heterocycles. The summed E-state index contributed by atoms with van der Waals surface area (Å²) in [6.07, 6.45) is 4.53. The molecule has 126 valence electrons. The summed E-state index contributed by atoms with van der Waals surface area (Å²) >= 11 is 5.06. The molecule has 1 aliphatic heterocycles. The van der Waals surface area contributed by atoms with Crippen molar-refractivity contribution >= 4 is 50.2 Å². The summed E-state index contributed by atoms with van der Waals surface area (Å²) in [5.41, 5.74) is 2.71. The van der Waals surface area contributed by atoms with Crippen molar-refractivity contribution in [2.75, 3.05) is 11.6 Å². The first-order valence-corrected chi connectivity index (χ1v) is 9.89. The first kappa shape index (κ1) is 16.4. The predicted molar refractivity (Wildman–Crippen MR) is 106 cm³/mol. The van der Waals surface area contributed by atoms with Gasteiger partial charge in [0.05, 0.1) is 5.52 Å².